The van der Waals surface area contributed by atoms with E-state index in [0.29, 0.717) is 23.2 Å². The fourth-order valence-corrected chi connectivity index (χ4v) is 2.64. The second-order valence-electron chi connectivity index (χ2n) is 4.11. The van der Waals surface area contributed by atoms with Crippen LogP contribution < -0.4 is 14.4 Å². The molecule has 0 atom stereocenters. The number of alkyl halides is 1. The van der Waals surface area contributed by atoms with Gasteiger partial charge in [0.05, 0.1) is 20.8 Å². The number of benzene rings is 1. The minimum absolute atomic E-state index is 0.0992. The van der Waals surface area contributed by atoms with Gasteiger partial charge in [-0.15, -0.1) is 22.9 Å². The van der Waals surface area contributed by atoms with Crippen LogP contribution in [0.4, 0.5) is 5.13 Å². The normalized spacial score (nSPS) is 10.2. The molecule has 1 aromatic heterocycles. The Morgan fingerprint density at radius 1 is 1.38 bits per heavy atom. The molecule has 0 unspecified atom stereocenters. The molecule has 2 aromatic rings. The van der Waals surface area contributed by atoms with E-state index in [-0.39, 0.29) is 11.8 Å². The number of methoxy groups -OCH3 is 2. The second-order valence-corrected chi connectivity index (χ2v) is 5.25. The average Bonchev–Trinajstić information content (AvgIpc) is 3.05. The molecule has 0 bridgehead atoms. The summed E-state index contributed by atoms with van der Waals surface area (Å²) in [5.41, 5.74) is 0.854. The van der Waals surface area contributed by atoms with Crippen LogP contribution in [0.5, 0.6) is 11.5 Å². The number of nitrogens with zero attached hydrogens (tertiary/aromatic N) is 2. The van der Waals surface area contributed by atoms with Crippen molar-refractivity contribution >= 4 is 34.0 Å². The monoisotopic (exact) mass is 326 g/mol. The first-order valence-electron chi connectivity index (χ1n) is 6.16. The Morgan fingerprint density at radius 2 is 2.19 bits per heavy atom. The molecule has 0 aliphatic rings. The Morgan fingerprint density at radius 3 is 2.76 bits per heavy atom. The molecule has 112 valence electrons. The van der Waals surface area contributed by atoms with Gasteiger partial charge < -0.3 is 9.47 Å². The number of anilines is 1. The topological polar surface area (TPSA) is 51.7 Å². The molecule has 0 aliphatic heterocycles. The summed E-state index contributed by atoms with van der Waals surface area (Å²) in [6, 6.07) is 5.46. The maximum absolute atomic E-state index is 12.0. The zero-order valence-corrected chi connectivity index (χ0v) is 13.3. The van der Waals surface area contributed by atoms with Crippen molar-refractivity contribution in [3.8, 4) is 11.5 Å². The molecule has 0 fully saturated rings. The first-order chi connectivity index (χ1) is 10.2. The minimum Gasteiger partial charge on any atom is -0.497 e. The zero-order chi connectivity index (χ0) is 15.2. The molecule has 7 heteroatoms. The molecule has 21 heavy (non-hydrogen) atoms. The third-order valence-electron chi connectivity index (χ3n) is 2.89. The van der Waals surface area contributed by atoms with Crippen molar-refractivity contribution in [1.29, 1.82) is 0 Å². The van der Waals surface area contributed by atoms with Crippen molar-refractivity contribution in [1.82, 2.24) is 4.98 Å². The molecular formula is C14H15ClN2O3S. The summed E-state index contributed by atoms with van der Waals surface area (Å²) in [4.78, 5) is 17.7. The van der Waals surface area contributed by atoms with Crippen molar-refractivity contribution in [2.45, 2.75) is 6.54 Å². The van der Waals surface area contributed by atoms with E-state index in [9.17, 15) is 4.79 Å². The lowest BCUT2D eigenvalue weighted by Crippen LogP contribution is -2.31. The number of ether oxygens (including phenoxy) is 2. The van der Waals surface area contributed by atoms with Crippen LogP contribution in [-0.2, 0) is 11.3 Å². The number of hydrogen-bond donors (Lipinski definition) is 0. The number of carbonyl (C=O) groups is 1. The largest absolute Gasteiger partial charge is 0.497 e. The minimum atomic E-state index is -0.204. The standard InChI is InChI=1S/C14H15ClN2O3S/c1-19-11-4-3-10(12(7-11)20-2)9-17(13(18)8-15)14-16-5-6-21-14/h3-7H,8-9H2,1-2H3. The number of halogens is 1. The van der Waals surface area contributed by atoms with Crippen LogP contribution in [0.3, 0.4) is 0 Å². The third-order valence-corrected chi connectivity index (χ3v) is 3.91. The molecule has 1 amide bonds. The summed E-state index contributed by atoms with van der Waals surface area (Å²) in [5.74, 6) is 1.04. The van der Waals surface area contributed by atoms with Crippen LogP contribution in [0.25, 0.3) is 0 Å². The summed E-state index contributed by atoms with van der Waals surface area (Å²) in [6.45, 7) is 0.340. The number of carbonyl (C=O) groups excluding carboxylic acids is 1. The van der Waals surface area contributed by atoms with Crippen LogP contribution in [0.2, 0.25) is 0 Å². The van der Waals surface area contributed by atoms with E-state index in [1.165, 1.54) is 11.3 Å². The predicted octanol–water partition coefficient (Wildman–Crippen LogP) is 2.93. The first-order valence-corrected chi connectivity index (χ1v) is 7.57. The van der Waals surface area contributed by atoms with Gasteiger partial charge in [-0.25, -0.2) is 4.98 Å². The second kappa shape index (κ2) is 7.28. The maximum Gasteiger partial charge on any atom is 0.244 e. The van der Waals surface area contributed by atoms with E-state index < -0.39 is 0 Å². The van der Waals surface area contributed by atoms with Gasteiger partial charge >= 0.3 is 0 Å². The Bertz CT molecular complexity index is 604. The Kier molecular flexibility index (Phi) is 5.41. The van der Waals surface area contributed by atoms with Crippen molar-refractivity contribution in [3.63, 3.8) is 0 Å². The van der Waals surface area contributed by atoms with Crippen LogP contribution in [-0.4, -0.2) is 31.0 Å². The fourth-order valence-electron chi connectivity index (χ4n) is 1.84. The van der Waals surface area contributed by atoms with Gasteiger partial charge in [0.2, 0.25) is 5.91 Å². The van der Waals surface area contributed by atoms with Gasteiger partial charge in [-0.3, -0.25) is 9.69 Å². The Balaban J connectivity index is 2.30. The molecule has 0 aliphatic carbocycles. The molecule has 0 N–H and O–H groups in total. The number of thiazole rings is 1. The lowest BCUT2D eigenvalue weighted by atomic mass is 10.1. The van der Waals surface area contributed by atoms with Crippen molar-refractivity contribution in [3.05, 3.63) is 35.3 Å². The summed E-state index contributed by atoms with van der Waals surface area (Å²) >= 11 is 7.07. The molecular weight excluding hydrogens is 312 g/mol. The van der Waals surface area contributed by atoms with Gasteiger partial charge in [0.25, 0.3) is 0 Å². The van der Waals surface area contributed by atoms with E-state index in [1.54, 1.807) is 31.4 Å². The summed E-state index contributed by atoms with van der Waals surface area (Å²) in [5, 5.41) is 2.42. The van der Waals surface area contributed by atoms with Gasteiger partial charge in [0, 0.05) is 23.2 Å². The van der Waals surface area contributed by atoms with Gasteiger partial charge in [-0.2, -0.15) is 0 Å². The van der Waals surface area contributed by atoms with Crippen molar-refractivity contribution in [2.75, 3.05) is 25.0 Å². The first kappa shape index (κ1) is 15.6. The molecule has 1 heterocycles. The number of hydrogen-bond acceptors (Lipinski definition) is 5. The van der Waals surface area contributed by atoms with E-state index in [4.69, 9.17) is 21.1 Å². The Labute approximate surface area is 132 Å². The van der Waals surface area contributed by atoms with E-state index >= 15 is 0 Å². The van der Waals surface area contributed by atoms with Gasteiger partial charge in [-0.05, 0) is 12.1 Å². The Hall–Kier alpha value is -1.79. The smallest absolute Gasteiger partial charge is 0.244 e. The molecule has 0 spiro atoms. The van der Waals surface area contributed by atoms with Crippen molar-refractivity contribution < 1.29 is 14.3 Å². The highest BCUT2D eigenvalue weighted by atomic mass is 35.5. The van der Waals surface area contributed by atoms with E-state index in [1.807, 2.05) is 17.5 Å². The molecule has 1 aromatic carbocycles. The highest BCUT2D eigenvalue weighted by molar-refractivity contribution is 7.13. The quantitative estimate of drug-likeness (QED) is 0.766. The summed E-state index contributed by atoms with van der Waals surface area (Å²) in [7, 11) is 3.17. The lowest BCUT2D eigenvalue weighted by molar-refractivity contribution is -0.116. The SMILES string of the molecule is COc1ccc(CN(C(=O)CCl)c2nccs2)c(OC)c1. The van der Waals surface area contributed by atoms with Crippen LogP contribution in [0.15, 0.2) is 29.8 Å². The highest BCUT2D eigenvalue weighted by Gasteiger charge is 2.19. The number of amides is 1. The lowest BCUT2D eigenvalue weighted by Gasteiger charge is -2.20. The fraction of sp³-hybridized carbons (Fsp3) is 0.286. The number of aromatic nitrogens is 1. The third kappa shape index (κ3) is 3.65. The van der Waals surface area contributed by atoms with Crippen molar-refractivity contribution in [2.24, 2.45) is 0 Å². The van der Waals surface area contributed by atoms with Gasteiger partial charge in [-0.1, -0.05) is 0 Å². The highest BCUT2D eigenvalue weighted by Crippen LogP contribution is 2.28. The van der Waals surface area contributed by atoms with Crippen LogP contribution in [0.1, 0.15) is 5.56 Å². The number of rotatable bonds is 6. The predicted molar refractivity (Wildman–Crippen MR) is 83.6 cm³/mol. The van der Waals surface area contributed by atoms with Gasteiger partial charge in [0.15, 0.2) is 5.13 Å². The molecule has 0 saturated carbocycles. The van der Waals surface area contributed by atoms with E-state index in [0.717, 1.165) is 5.56 Å². The molecule has 0 saturated heterocycles. The molecule has 5 nitrogen and oxygen atoms in total. The van der Waals surface area contributed by atoms with E-state index in [2.05, 4.69) is 4.98 Å². The summed E-state index contributed by atoms with van der Waals surface area (Å²) < 4.78 is 10.5. The molecule has 0 radical (unpaired) electrons. The summed E-state index contributed by atoms with van der Waals surface area (Å²) in [6.07, 6.45) is 1.65. The van der Waals surface area contributed by atoms with Gasteiger partial charge in [0.1, 0.15) is 17.4 Å². The average molecular weight is 327 g/mol. The van der Waals surface area contributed by atoms with Crippen LogP contribution in [0, 0.1) is 0 Å². The van der Waals surface area contributed by atoms with Crippen LogP contribution >= 0.6 is 22.9 Å². The zero-order valence-electron chi connectivity index (χ0n) is 11.7. The maximum atomic E-state index is 12.0. The molecule has 2 rings (SSSR count).